The predicted octanol–water partition coefficient (Wildman–Crippen LogP) is 4.95. The highest BCUT2D eigenvalue weighted by Crippen LogP contribution is 2.28. The number of carbonyl (C=O) groups is 1. The van der Waals surface area contributed by atoms with Crippen LogP contribution in [0.15, 0.2) is 41.3 Å². The van der Waals surface area contributed by atoms with Gasteiger partial charge in [0.15, 0.2) is 0 Å². The highest BCUT2D eigenvalue weighted by molar-refractivity contribution is 7.89. The van der Waals surface area contributed by atoms with Gasteiger partial charge in [0, 0.05) is 16.6 Å². The fraction of sp³-hybridized carbons (Fsp3) is 0.188. The summed E-state index contributed by atoms with van der Waals surface area (Å²) in [6.45, 7) is 1.24. The third-order valence-electron chi connectivity index (χ3n) is 3.39. The topological polar surface area (TPSA) is 66.5 Å². The van der Waals surface area contributed by atoms with Crippen molar-refractivity contribution in [3.8, 4) is 0 Å². The minimum atomic E-state index is -4.01. The van der Waals surface area contributed by atoms with Crippen LogP contribution in [0, 0.1) is 0 Å². The summed E-state index contributed by atoms with van der Waals surface area (Å²) in [5, 5.41) is 3.45. The normalized spacial score (nSPS) is 11.6. The van der Waals surface area contributed by atoms with Crippen LogP contribution in [0.5, 0.6) is 0 Å². The molecule has 0 spiro atoms. The minimum Gasteiger partial charge on any atom is -0.324 e. The highest BCUT2D eigenvalue weighted by Gasteiger charge is 2.28. The molecule has 26 heavy (non-hydrogen) atoms. The van der Waals surface area contributed by atoms with E-state index < -0.39 is 22.5 Å². The maximum absolute atomic E-state index is 12.8. The zero-order valence-electron chi connectivity index (χ0n) is 13.5. The average Bonchev–Trinajstić information content (AvgIpc) is 2.57. The summed E-state index contributed by atoms with van der Waals surface area (Å²) >= 11 is 23.7. The lowest BCUT2D eigenvalue weighted by Crippen LogP contribution is -2.38. The SMILES string of the molecule is CCN(CC(=O)Nc1cc(Cl)ccc1Cl)S(=O)(=O)c1cc(Cl)ccc1Cl. The molecule has 5 nitrogen and oxygen atoms in total. The van der Waals surface area contributed by atoms with E-state index in [9.17, 15) is 13.2 Å². The molecule has 0 saturated heterocycles. The van der Waals surface area contributed by atoms with E-state index in [1.807, 2.05) is 0 Å². The summed E-state index contributed by atoms with van der Waals surface area (Å²) in [5.41, 5.74) is 0.290. The molecule has 0 fully saturated rings. The van der Waals surface area contributed by atoms with E-state index in [0.717, 1.165) is 4.31 Å². The molecule has 0 bridgehead atoms. The molecule has 0 radical (unpaired) electrons. The molecule has 0 aliphatic rings. The van der Waals surface area contributed by atoms with Crippen molar-refractivity contribution in [3.05, 3.63) is 56.5 Å². The monoisotopic (exact) mass is 454 g/mol. The number of benzene rings is 2. The van der Waals surface area contributed by atoms with Crippen LogP contribution in [0.1, 0.15) is 6.92 Å². The Hall–Kier alpha value is -1.02. The second-order valence-electron chi connectivity index (χ2n) is 5.18. The molecule has 0 saturated carbocycles. The van der Waals surface area contributed by atoms with Gasteiger partial charge in [0.1, 0.15) is 4.90 Å². The van der Waals surface area contributed by atoms with Crippen LogP contribution in [0.4, 0.5) is 5.69 Å². The van der Waals surface area contributed by atoms with Crippen molar-refractivity contribution in [2.24, 2.45) is 0 Å². The standard InChI is InChI=1S/C16H14Cl4N2O3S/c1-2-22(26(24,25)15-8-11(18)4-6-13(15)20)9-16(23)21-14-7-10(17)3-5-12(14)19/h3-8H,2,9H2,1H3,(H,21,23). The van der Waals surface area contributed by atoms with E-state index in [-0.39, 0.29) is 26.5 Å². The number of anilines is 1. The lowest BCUT2D eigenvalue weighted by molar-refractivity contribution is -0.116. The Balaban J connectivity index is 2.24. The zero-order chi connectivity index (χ0) is 19.5. The maximum atomic E-state index is 12.8. The van der Waals surface area contributed by atoms with Gasteiger partial charge in [0.25, 0.3) is 0 Å². The molecular weight excluding hydrogens is 442 g/mol. The van der Waals surface area contributed by atoms with Crippen molar-refractivity contribution in [2.45, 2.75) is 11.8 Å². The number of carbonyl (C=O) groups excluding carboxylic acids is 1. The molecule has 0 atom stereocenters. The summed E-state index contributed by atoms with van der Waals surface area (Å²) in [6.07, 6.45) is 0. The fourth-order valence-electron chi connectivity index (χ4n) is 2.12. The van der Waals surface area contributed by atoms with Crippen LogP contribution in [0.3, 0.4) is 0 Å². The first-order valence-corrected chi connectivity index (χ1v) is 10.3. The van der Waals surface area contributed by atoms with Crippen molar-refractivity contribution in [3.63, 3.8) is 0 Å². The fourth-order valence-corrected chi connectivity index (χ4v) is 4.60. The number of hydrogen-bond acceptors (Lipinski definition) is 3. The van der Waals surface area contributed by atoms with E-state index in [1.54, 1.807) is 13.0 Å². The van der Waals surface area contributed by atoms with E-state index in [1.165, 1.54) is 30.3 Å². The van der Waals surface area contributed by atoms with Crippen LogP contribution in [-0.4, -0.2) is 31.7 Å². The molecule has 0 aliphatic heterocycles. The summed E-state index contributed by atoms with van der Waals surface area (Å²) < 4.78 is 26.6. The molecule has 1 N–H and O–H groups in total. The van der Waals surface area contributed by atoms with Crippen molar-refractivity contribution in [1.82, 2.24) is 4.31 Å². The molecule has 10 heteroatoms. The highest BCUT2D eigenvalue weighted by atomic mass is 35.5. The van der Waals surface area contributed by atoms with Crippen LogP contribution in [0.2, 0.25) is 20.1 Å². The van der Waals surface area contributed by atoms with Crippen LogP contribution in [0.25, 0.3) is 0 Å². The molecule has 140 valence electrons. The van der Waals surface area contributed by atoms with Crippen molar-refractivity contribution >= 4 is 68.0 Å². The molecule has 2 rings (SSSR count). The van der Waals surface area contributed by atoms with Gasteiger partial charge in [-0.2, -0.15) is 4.31 Å². The maximum Gasteiger partial charge on any atom is 0.245 e. The summed E-state index contributed by atoms with van der Waals surface area (Å²) in [5.74, 6) is -0.572. The summed E-state index contributed by atoms with van der Waals surface area (Å²) in [6, 6.07) is 8.68. The van der Waals surface area contributed by atoms with E-state index >= 15 is 0 Å². The van der Waals surface area contributed by atoms with Crippen molar-refractivity contribution < 1.29 is 13.2 Å². The first kappa shape index (κ1) is 21.3. The van der Waals surface area contributed by atoms with Gasteiger partial charge in [-0.05, 0) is 36.4 Å². The number of halogens is 4. The molecular formula is C16H14Cl4N2O3S. The van der Waals surface area contributed by atoms with Gasteiger partial charge in [-0.1, -0.05) is 53.3 Å². The molecule has 0 heterocycles. The van der Waals surface area contributed by atoms with Crippen molar-refractivity contribution in [1.29, 1.82) is 0 Å². The molecule has 1 amide bonds. The summed E-state index contributed by atoms with van der Waals surface area (Å²) in [7, 11) is -4.01. The second-order valence-corrected chi connectivity index (χ2v) is 8.77. The van der Waals surface area contributed by atoms with E-state index in [0.29, 0.717) is 10.7 Å². The molecule has 2 aromatic rings. The van der Waals surface area contributed by atoms with Gasteiger partial charge in [0.05, 0.1) is 22.3 Å². The van der Waals surface area contributed by atoms with Gasteiger partial charge in [0.2, 0.25) is 15.9 Å². The van der Waals surface area contributed by atoms with Crippen LogP contribution in [-0.2, 0) is 14.8 Å². The number of nitrogens with one attached hydrogen (secondary N) is 1. The first-order valence-electron chi connectivity index (χ1n) is 7.35. The third kappa shape index (κ3) is 5.03. The number of hydrogen-bond donors (Lipinski definition) is 1. The minimum absolute atomic E-state index is 0.0196. The van der Waals surface area contributed by atoms with E-state index in [4.69, 9.17) is 46.4 Å². The Bertz CT molecular complexity index is 935. The Morgan fingerprint density at radius 2 is 1.58 bits per heavy atom. The van der Waals surface area contributed by atoms with Crippen LogP contribution < -0.4 is 5.32 Å². The Labute approximate surface area is 171 Å². The quantitative estimate of drug-likeness (QED) is 0.669. The zero-order valence-corrected chi connectivity index (χ0v) is 17.3. The third-order valence-corrected chi connectivity index (χ3v) is 6.59. The van der Waals surface area contributed by atoms with Gasteiger partial charge in [-0.3, -0.25) is 4.79 Å². The largest absolute Gasteiger partial charge is 0.324 e. The Kier molecular flexibility index (Phi) is 7.19. The lowest BCUT2D eigenvalue weighted by Gasteiger charge is -2.21. The van der Waals surface area contributed by atoms with E-state index in [2.05, 4.69) is 5.32 Å². The van der Waals surface area contributed by atoms with Crippen LogP contribution >= 0.6 is 46.4 Å². The molecule has 0 aliphatic carbocycles. The summed E-state index contributed by atoms with van der Waals surface area (Å²) in [4.78, 5) is 12.1. The average molecular weight is 456 g/mol. The predicted molar refractivity (Wildman–Crippen MR) is 106 cm³/mol. The van der Waals surface area contributed by atoms with Crippen molar-refractivity contribution in [2.75, 3.05) is 18.4 Å². The first-order chi connectivity index (χ1) is 12.1. The molecule has 0 unspecified atom stereocenters. The number of nitrogens with zero attached hydrogens (tertiary/aromatic N) is 1. The van der Waals surface area contributed by atoms with Gasteiger partial charge in [-0.15, -0.1) is 0 Å². The lowest BCUT2D eigenvalue weighted by atomic mass is 10.3. The van der Waals surface area contributed by atoms with Gasteiger partial charge in [-0.25, -0.2) is 8.42 Å². The molecule has 2 aromatic carbocycles. The number of sulfonamides is 1. The van der Waals surface area contributed by atoms with Gasteiger partial charge >= 0.3 is 0 Å². The Morgan fingerprint density at radius 1 is 1.00 bits per heavy atom. The second kappa shape index (κ2) is 8.78. The Morgan fingerprint density at radius 3 is 2.19 bits per heavy atom. The smallest absolute Gasteiger partial charge is 0.245 e. The number of likely N-dealkylation sites (N-methyl/N-ethyl adjacent to an activating group) is 1. The number of amides is 1. The van der Waals surface area contributed by atoms with Gasteiger partial charge < -0.3 is 5.32 Å². The number of rotatable bonds is 6. The molecule has 0 aromatic heterocycles.